The Morgan fingerprint density at radius 1 is 1.10 bits per heavy atom. The molecule has 2 aromatic rings. The van der Waals surface area contributed by atoms with Crippen LogP contribution in [0.2, 0.25) is 0 Å². The first-order valence-electron chi connectivity index (χ1n) is 6.75. The molecule has 0 unspecified atom stereocenters. The van der Waals surface area contributed by atoms with Gasteiger partial charge in [0.15, 0.2) is 0 Å². The highest BCUT2D eigenvalue weighted by molar-refractivity contribution is 6.00. The van der Waals surface area contributed by atoms with E-state index in [0.717, 1.165) is 23.2 Å². The lowest BCUT2D eigenvalue weighted by molar-refractivity contribution is -0.716. The molecule has 2 aliphatic heterocycles. The van der Waals surface area contributed by atoms with Gasteiger partial charge >= 0.3 is 0 Å². The second-order valence-corrected chi connectivity index (χ2v) is 5.27. The van der Waals surface area contributed by atoms with Crippen LogP contribution in [-0.2, 0) is 5.66 Å². The molecule has 2 aliphatic rings. The molecule has 2 heterocycles. The number of fused-ring (bicyclic) bond motifs is 3. The van der Waals surface area contributed by atoms with Crippen molar-refractivity contribution in [2.24, 2.45) is 0 Å². The third-order valence-electron chi connectivity index (χ3n) is 4.32. The maximum atomic E-state index is 13.2. The largest absolute Gasteiger partial charge is 0.315 e. The lowest BCUT2D eigenvalue weighted by Crippen LogP contribution is -2.93. The second-order valence-electron chi connectivity index (χ2n) is 5.27. The van der Waals surface area contributed by atoms with Gasteiger partial charge in [0.2, 0.25) is 5.66 Å². The molecule has 0 aromatic heterocycles. The predicted molar refractivity (Wildman–Crippen MR) is 71.5 cm³/mol. The minimum atomic E-state index is -0.513. The van der Waals surface area contributed by atoms with E-state index in [-0.39, 0.29) is 11.7 Å². The molecule has 20 heavy (non-hydrogen) atoms. The van der Waals surface area contributed by atoms with Gasteiger partial charge in [-0.15, -0.1) is 0 Å². The van der Waals surface area contributed by atoms with Gasteiger partial charge in [-0.3, -0.25) is 9.69 Å². The first-order chi connectivity index (χ1) is 9.73. The van der Waals surface area contributed by atoms with Gasteiger partial charge in [-0.05, 0) is 36.4 Å². The van der Waals surface area contributed by atoms with E-state index in [1.807, 2.05) is 29.2 Å². The zero-order valence-electron chi connectivity index (χ0n) is 10.8. The van der Waals surface area contributed by atoms with Crippen LogP contribution >= 0.6 is 0 Å². The number of amides is 1. The zero-order chi connectivity index (χ0) is 13.7. The van der Waals surface area contributed by atoms with Crippen LogP contribution in [0.1, 0.15) is 21.5 Å². The number of rotatable bonds is 1. The lowest BCUT2D eigenvalue weighted by Gasteiger charge is -2.29. The van der Waals surface area contributed by atoms with Crippen LogP contribution in [0.4, 0.5) is 4.39 Å². The summed E-state index contributed by atoms with van der Waals surface area (Å²) in [6.45, 7) is 1.57. The van der Waals surface area contributed by atoms with E-state index in [2.05, 4.69) is 5.32 Å². The number of hydrogen-bond acceptors (Lipinski definition) is 1. The van der Waals surface area contributed by atoms with E-state index in [1.165, 1.54) is 12.1 Å². The quantitative estimate of drug-likeness (QED) is 0.826. The summed E-state index contributed by atoms with van der Waals surface area (Å²) in [7, 11) is 0. The highest BCUT2D eigenvalue weighted by atomic mass is 19.1. The van der Waals surface area contributed by atoms with Gasteiger partial charge < -0.3 is 5.32 Å². The molecule has 1 fully saturated rings. The van der Waals surface area contributed by atoms with E-state index in [0.29, 0.717) is 6.54 Å². The molecule has 0 radical (unpaired) electrons. The maximum absolute atomic E-state index is 13.2. The summed E-state index contributed by atoms with van der Waals surface area (Å²) in [4.78, 5) is 14.4. The van der Waals surface area contributed by atoms with Crippen molar-refractivity contribution >= 4 is 5.91 Å². The molecular formula is C16H14FN2O+. The van der Waals surface area contributed by atoms with Crippen molar-refractivity contribution in [1.82, 2.24) is 4.90 Å². The number of quaternary nitrogens is 1. The van der Waals surface area contributed by atoms with E-state index in [9.17, 15) is 9.18 Å². The van der Waals surface area contributed by atoms with Gasteiger partial charge in [-0.1, -0.05) is 12.1 Å². The molecule has 2 N–H and O–H groups in total. The average Bonchev–Trinajstić information content (AvgIpc) is 3.01. The number of nitrogens with two attached hydrogens (primary N) is 1. The van der Waals surface area contributed by atoms with Crippen LogP contribution in [0.5, 0.6) is 0 Å². The molecule has 1 atom stereocenters. The standard InChI is InChI=1S/C16H13FN2O/c17-12-7-5-11(6-8-12)16-14-4-2-1-3-13(14)15(20)19(16)10-9-18-16/h1-8,18H,9-10H2/p+1/t16-/m1/s1. The Balaban J connectivity index is 1.99. The molecule has 4 heteroatoms. The fourth-order valence-corrected chi connectivity index (χ4v) is 3.49. The fourth-order valence-electron chi connectivity index (χ4n) is 3.49. The molecule has 0 bridgehead atoms. The number of halogens is 1. The van der Waals surface area contributed by atoms with Crippen molar-refractivity contribution in [3.63, 3.8) is 0 Å². The van der Waals surface area contributed by atoms with Crippen LogP contribution in [0, 0.1) is 5.82 Å². The molecule has 1 saturated heterocycles. The Morgan fingerprint density at radius 2 is 1.85 bits per heavy atom. The Labute approximate surface area is 116 Å². The summed E-state index contributed by atoms with van der Waals surface area (Å²) in [5, 5.41) is 2.17. The first kappa shape index (κ1) is 11.6. The normalized spacial score (nSPS) is 23.9. The van der Waals surface area contributed by atoms with Gasteiger partial charge in [0.1, 0.15) is 5.82 Å². The van der Waals surface area contributed by atoms with Crippen molar-refractivity contribution in [2.75, 3.05) is 13.1 Å². The van der Waals surface area contributed by atoms with E-state index >= 15 is 0 Å². The van der Waals surface area contributed by atoms with E-state index < -0.39 is 5.66 Å². The zero-order valence-corrected chi connectivity index (χ0v) is 10.8. The van der Waals surface area contributed by atoms with Crippen molar-refractivity contribution in [3.8, 4) is 0 Å². The van der Waals surface area contributed by atoms with E-state index in [1.54, 1.807) is 12.1 Å². The van der Waals surface area contributed by atoms with Crippen LogP contribution in [0.3, 0.4) is 0 Å². The van der Waals surface area contributed by atoms with Crippen LogP contribution < -0.4 is 5.32 Å². The monoisotopic (exact) mass is 269 g/mol. The van der Waals surface area contributed by atoms with Gasteiger partial charge in [0, 0.05) is 5.56 Å². The Kier molecular flexibility index (Phi) is 2.26. The van der Waals surface area contributed by atoms with Gasteiger partial charge in [-0.2, -0.15) is 0 Å². The van der Waals surface area contributed by atoms with E-state index in [4.69, 9.17) is 0 Å². The van der Waals surface area contributed by atoms with Crippen molar-refractivity contribution in [1.29, 1.82) is 0 Å². The molecule has 1 amide bonds. The Morgan fingerprint density at radius 3 is 2.65 bits per heavy atom. The number of hydrogen-bond donors (Lipinski definition) is 1. The Bertz CT molecular complexity index is 698. The SMILES string of the molecule is O=C1c2ccccc2[C@]2(c3ccc(F)cc3)[NH2+]CCN12. The van der Waals surface area contributed by atoms with Gasteiger partial charge in [-0.25, -0.2) is 4.39 Å². The average molecular weight is 269 g/mol. The first-order valence-corrected chi connectivity index (χ1v) is 6.75. The van der Waals surface area contributed by atoms with Gasteiger partial charge in [0.05, 0.1) is 24.2 Å². The van der Waals surface area contributed by atoms with Crippen molar-refractivity contribution in [2.45, 2.75) is 5.66 Å². The van der Waals surface area contributed by atoms with Gasteiger partial charge in [0.25, 0.3) is 5.91 Å². The van der Waals surface area contributed by atoms with Crippen molar-refractivity contribution in [3.05, 3.63) is 71.0 Å². The third kappa shape index (κ3) is 1.29. The minimum Gasteiger partial charge on any atom is -0.315 e. The highest BCUT2D eigenvalue weighted by Crippen LogP contribution is 2.40. The van der Waals surface area contributed by atoms with Crippen LogP contribution in [-0.4, -0.2) is 23.9 Å². The summed E-state index contributed by atoms with van der Waals surface area (Å²) in [6.07, 6.45) is 0. The molecule has 3 nitrogen and oxygen atoms in total. The van der Waals surface area contributed by atoms with Crippen molar-refractivity contribution < 1.29 is 14.5 Å². The number of carbonyl (C=O) groups is 1. The number of nitrogens with zero attached hydrogens (tertiary/aromatic N) is 1. The smallest absolute Gasteiger partial charge is 0.259 e. The second kappa shape index (κ2) is 3.90. The van der Waals surface area contributed by atoms with Crippen LogP contribution in [0.15, 0.2) is 48.5 Å². The minimum absolute atomic E-state index is 0.0682. The van der Waals surface area contributed by atoms with Crippen LogP contribution in [0.25, 0.3) is 0 Å². The maximum Gasteiger partial charge on any atom is 0.259 e. The highest BCUT2D eigenvalue weighted by Gasteiger charge is 2.57. The molecule has 100 valence electrons. The molecule has 0 aliphatic carbocycles. The molecule has 0 spiro atoms. The summed E-state index contributed by atoms with van der Waals surface area (Å²) in [5.74, 6) is -0.189. The molecule has 0 saturated carbocycles. The summed E-state index contributed by atoms with van der Waals surface area (Å²) < 4.78 is 13.2. The lowest BCUT2D eigenvalue weighted by atomic mass is 9.91. The summed E-state index contributed by atoms with van der Waals surface area (Å²) >= 11 is 0. The topological polar surface area (TPSA) is 36.9 Å². The molecule has 4 rings (SSSR count). The summed E-state index contributed by atoms with van der Waals surface area (Å²) in [6, 6.07) is 14.2. The predicted octanol–water partition coefficient (Wildman–Crippen LogP) is 1.06. The molecular weight excluding hydrogens is 255 g/mol. The summed E-state index contributed by atoms with van der Waals surface area (Å²) in [5.41, 5.74) is 2.21. The Hall–Kier alpha value is -2.20. The molecule has 2 aromatic carbocycles. The number of benzene rings is 2. The fraction of sp³-hybridized carbons (Fsp3) is 0.188. The third-order valence-corrected chi connectivity index (χ3v) is 4.32. The number of carbonyl (C=O) groups excluding carboxylic acids is 1.